The fraction of sp³-hybridized carbons (Fsp3) is 0.692. The maximum atomic E-state index is 9.46. The van der Waals surface area contributed by atoms with Gasteiger partial charge in [0.15, 0.2) is 0 Å². The molecular formula is C13H24N4O. The van der Waals surface area contributed by atoms with Gasteiger partial charge < -0.3 is 15.3 Å². The van der Waals surface area contributed by atoms with Gasteiger partial charge in [-0.15, -0.1) is 0 Å². The van der Waals surface area contributed by atoms with Crippen molar-refractivity contribution in [3.63, 3.8) is 0 Å². The molecule has 0 bridgehead atoms. The minimum Gasteiger partial charge on any atom is -0.394 e. The van der Waals surface area contributed by atoms with Crippen LogP contribution in [0.3, 0.4) is 0 Å². The number of aromatic nitrogens is 2. The van der Waals surface area contributed by atoms with E-state index in [9.17, 15) is 5.11 Å². The molecule has 0 aromatic carbocycles. The summed E-state index contributed by atoms with van der Waals surface area (Å²) < 4.78 is 0. The molecule has 1 rings (SSSR count). The molecule has 0 spiro atoms. The van der Waals surface area contributed by atoms with Gasteiger partial charge >= 0.3 is 0 Å². The topological polar surface area (TPSA) is 61.3 Å². The number of rotatable bonds is 5. The van der Waals surface area contributed by atoms with Crippen LogP contribution < -0.4 is 10.2 Å². The lowest BCUT2D eigenvalue weighted by Crippen LogP contribution is -2.45. The summed E-state index contributed by atoms with van der Waals surface area (Å²) in [5, 5.41) is 12.7. The zero-order valence-corrected chi connectivity index (χ0v) is 12.2. The molecule has 0 atom stereocenters. The van der Waals surface area contributed by atoms with E-state index in [1.807, 2.05) is 46.6 Å². The largest absolute Gasteiger partial charge is 0.394 e. The second-order valence-corrected chi connectivity index (χ2v) is 5.13. The summed E-state index contributed by atoms with van der Waals surface area (Å²) in [4.78, 5) is 10.9. The summed E-state index contributed by atoms with van der Waals surface area (Å²) >= 11 is 0. The predicted octanol–water partition coefficient (Wildman–Crippen LogP) is 1.73. The number of aliphatic hydroxyl groups is 1. The third kappa shape index (κ3) is 2.90. The number of hydrogen-bond acceptors (Lipinski definition) is 5. The molecule has 0 unspecified atom stereocenters. The fourth-order valence-corrected chi connectivity index (χ4v) is 1.67. The summed E-state index contributed by atoms with van der Waals surface area (Å²) in [6.07, 6.45) is 0. The van der Waals surface area contributed by atoms with Crippen molar-refractivity contribution in [1.82, 2.24) is 9.97 Å². The lowest BCUT2D eigenvalue weighted by Gasteiger charge is -2.36. The molecular weight excluding hydrogens is 228 g/mol. The lowest BCUT2D eigenvalue weighted by molar-refractivity contribution is 0.215. The van der Waals surface area contributed by atoms with Crippen molar-refractivity contribution >= 4 is 11.6 Å². The number of nitrogens with one attached hydrogen (secondary N) is 1. The molecule has 0 saturated heterocycles. The molecule has 0 aliphatic rings. The van der Waals surface area contributed by atoms with Gasteiger partial charge in [-0.05, 0) is 34.6 Å². The van der Waals surface area contributed by atoms with Crippen LogP contribution in [0.25, 0.3) is 0 Å². The second-order valence-electron chi connectivity index (χ2n) is 5.13. The molecule has 5 heteroatoms. The zero-order valence-electron chi connectivity index (χ0n) is 12.2. The first-order chi connectivity index (χ1) is 8.33. The Hall–Kier alpha value is -1.36. The van der Waals surface area contributed by atoms with Gasteiger partial charge in [-0.25, -0.2) is 9.97 Å². The number of nitrogens with zero attached hydrogens (tertiary/aromatic N) is 3. The van der Waals surface area contributed by atoms with E-state index in [4.69, 9.17) is 0 Å². The molecule has 0 aliphatic carbocycles. The molecule has 1 aromatic heterocycles. The van der Waals surface area contributed by atoms with Crippen molar-refractivity contribution < 1.29 is 5.11 Å². The van der Waals surface area contributed by atoms with E-state index >= 15 is 0 Å². The number of hydrogen-bond donors (Lipinski definition) is 2. The Morgan fingerprint density at radius 3 is 2.39 bits per heavy atom. The molecule has 102 valence electrons. The molecule has 0 radical (unpaired) electrons. The van der Waals surface area contributed by atoms with E-state index in [1.165, 1.54) is 0 Å². The van der Waals surface area contributed by atoms with E-state index in [2.05, 4.69) is 15.3 Å². The van der Waals surface area contributed by atoms with Gasteiger partial charge in [-0.1, -0.05) is 0 Å². The van der Waals surface area contributed by atoms with Crippen LogP contribution in [0.2, 0.25) is 0 Å². The Balaban J connectivity index is 3.24. The minimum atomic E-state index is -0.352. The SMILES string of the molecule is CCNc1nc(C)nc(N(C)C(C)(C)CO)c1C. The van der Waals surface area contributed by atoms with Crippen LogP contribution in [0.1, 0.15) is 32.2 Å². The van der Waals surface area contributed by atoms with Gasteiger partial charge in [0.05, 0.1) is 12.1 Å². The molecule has 1 heterocycles. The third-order valence-electron chi connectivity index (χ3n) is 3.19. The molecule has 0 amide bonds. The highest BCUT2D eigenvalue weighted by molar-refractivity contribution is 5.59. The van der Waals surface area contributed by atoms with Crippen LogP contribution in [0.5, 0.6) is 0 Å². The third-order valence-corrected chi connectivity index (χ3v) is 3.19. The first-order valence-electron chi connectivity index (χ1n) is 6.27. The molecule has 0 aliphatic heterocycles. The Labute approximate surface area is 109 Å². The molecule has 1 aromatic rings. The van der Waals surface area contributed by atoms with Gasteiger partial charge in [-0.2, -0.15) is 0 Å². The summed E-state index contributed by atoms with van der Waals surface area (Å²) in [5.74, 6) is 2.45. The van der Waals surface area contributed by atoms with E-state index in [0.717, 1.165) is 29.6 Å². The summed E-state index contributed by atoms with van der Waals surface area (Å²) in [7, 11) is 1.95. The minimum absolute atomic E-state index is 0.0720. The van der Waals surface area contributed by atoms with E-state index in [-0.39, 0.29) is 12.1 Å². The maximum absolute atomic E-state index is 9.46. The number of aliphatic hydroxyl groups excluding tert-OH is 1. The van der Waals surface area contributed by atoms with Crippen LogP contribution in [-0.4, -0.2) is 40.8 Å². The molecule has 18 heavy (non-hydrogen) atoms. The number of aryl methyl sites for hydroxylation is 1. The first kappa shape index (κ1) is 14.7. The van der Waals surface area contributed by atoms with Gasteiger partial charge in [-0.3, -0.25) is 0 Å². The van der Waals surface area contributed by atoms with Crippen LogP contribution in [-0.2, 0) is 0 Å². The normalized spacial score (nSPS) is 11.5. The van der Waals surface area contributed by atoms with Crippen molar-refractivity contribution in [2.24, 2.45) is 0 Å². The van der Waals surface area contributed by atoms with Crippen molar-refractivity contribution in [3.8, 4) is 0 Å². The Morgan fingerprint density at radius 2 is 1.89 bits per heavy atom. The molecule has 0 fully saturated rings. The maximum Gasteiger partial charge on any atom is 0.137 e. The van der Waals surface area contributed by atoms with E-state index in [1.54, 1.807) is 0 Å². The molecule has 5 nitrogen and oxygen atoms in total. The molecule has 0 saturated carbocycles. The fourth-order valence-electron chi connectivity index (χ4n) is 1.67. The van der Waals surface area contributed by atoms with Crippen LogP contribution in [0.15, 0.2) is 0 Å². The van der Waals surface area contributed by atoms with Gasteiger partial charge in [0, 0.05) is 19.2 Å². The average Bonchev–Trinajstić information content (AvgIpc) is 2.32. The number of likely N-dealkylation sites (N-methyl/N-ethyl adjacent to an activating group) is 1. The van der Waals surface area contributed by atoms with Crippen molar-refractivity contribution in [2.45, 2.75) is 40.2 Å². The lowest BCUT2D eigenvalue weighted by atomic mass is 10.0. The highest BCUT2D eigenvalue weighted by Gasteiger charge is 2.26. The van der Waals surface area contributed by atoms with Crippen LogP contribution >= 0.6 is 0 Å². The van der Waals surface area contributed by atoms with Crippen molar-refractivity contribution in [1.29, 1.82) is 0 Å². The Kier molecular flexibility index (Phi) is 4.51. The highest BCUT2D eigenvalue weighted by Crippen LogP contribution is 2.27. The van der Waals surface area contributed by atoms with Crippen molar-refractivity contribution in [2.75, 3.05) is 30.4 Å². The zero-order chi connectivity index (χ0) is 13.9. The quantitative estimate of drug-likeness (QED) is 0.835. The summed E-state index contributed by atoms with van der Waals surface area (Å²) in [5.41, 5.74) is 0.654. The predicted molar refractivity (Wildman–Crippen MR) is 75.2 cm³/mol. The summed E-state index contributed by atoms with van der Waals surface area (Å²) in [6.45, 7) is 10.8. The van der Waals surface area contributed by atoms with E-state index < -0.39 is 0 Å². The highest BCUT2D eigenvalue weighted by atomic mass is 16.3. The van der Waals surface area contributed by atoms with Crippen LogP contribution in [0, 0.1) is 13.8 Å². The Morgan fingerprint density at radius 1 is 1.28 bits per heavy atom. The Bertz CT molecular complexity index is 418. The monoisotopic (exact) mass is 252 g/mol. The van der Waals surface area contributed by atoms with E-state index in [0.29, 0.717) is 0 Å². The summed E-state index contributed by atoms with van der Waals surface area (Å²) in [6, 6.07) is 0. The average molecular weight is 252 g/mol. The van der Waals surface area contributed by atoms with Gasteiger partial charge in [0.1, 0.15) is 17.5 Å². The smallest absolute Gasteiger partial charge is 0.137 e. The number of anilines is 2. The van der Waals surface area contributed by atoms with Gasteiger partial charge in [0.2, 0.25) is 0 Å². The van der Waals surface area contributed by atoms with Crippen molar-refractivity contribution in [3.05, 3.63) is 11.4 Å². The van der Waals surface area contributed by atoms with Gasteiger partial charge in [0.25, 0.3) is 0 Å². The standard InChI is InChI=1S/C13H24N4O/c1-7-14-11-9(2)12(16-10(3)15-11)17(6)13(4,5)8-18/h18H,7-8H2,1-6H3,(H,14,15,16). The second kappa shape index (κ2) is 5.52. The first-order valence-corrected chi connectivity index (χ1v) is 6.27. The molecule has 2 N–H and O–H groups in total. The van der Waals surface area contributed by atoms with Crippen LogP contribution in [0.4, 0.5) is 11.6 Å².